The van der Waals surface area contributed by atoms with Crippen LogP contribution in [-0.4, -0.2) is 42.0 Å². The van der Waals surface area contributed by atoms with Crippen molar-refractivity contribution in [3.05, 3.63) is 53.6 Å². The van der Waals surface area contributed by atoms with Crippen molar-refractivity contribution >= 4 is 22.9 Å². The molecule has 3 aromatic rings. The largest absolute Gasteiger partial charge is 0.436 e. The van der Waals surface area contributed by atoms with Gasteiger partial charge in [0.1, 0.15) is 5.52 Å². The minimum Gasteiger partial charge on any atom is -0.436 e. The number of carbonyl (C=O) groups excluding carboxylic acids is 2. The number of para-hydroxylation sites is 2. The highest BCUT2D eigenvalue weighted by atomic mass is 16.5. The average Bonchev–Trinajstić information content (AvgIpc) is 3.14. The number of amides is 2. The third kappa shape index (κ3) is 2.19. The molecule has 6 nitrogen and oxygen atoms in total. The van der Waals surface area contributed by atoms with Crippen LogP contribution < -0.4 is 0 Å². The van der Waals surface area contributed by atoms with Gasteiger partial charge in [0.25, 0.3) is 11.8 Å². The van der Waals surface area contributed by atoms with Gasteiger partial charge in [-0.2, -0.15) is 0 Å². The first-order valence-electron chi connectivity index (χ1n) is 7.54. The number of nitrogens with zero attached hydrogens (tertiary/aromatic N) is 2. The van der Waals surface area contributed by atoms with E-state index in [1.807, 2.05) is 24.3 Å². The molecule has 0 saturated heterocycles. The maximum Gasteiger partial charge on any atom is 0.261 e. The lowest BCUT2D eigenvalue weighted by molar-refractivity contribution is 0.0603. The summed E-state index contributed by atoms with van der Waals surface area (Å²) in [6.45, 7) is 0.546. The van der Waals surface area contributed by atoms with Gasteiger partial charge in [0, 0.05) is 12.7 Å². The summed E-state index contributed by atoms with van der Waals surface area (Å²) in [5.74, 6) is -0.184. The molecule has 1 aliphatic rings. The summed E-state index contributed by atoms with van der Waals surface area (Å²) in [5.41, 5.74) is 2.86. The summed E-state index contributed by atoms with van der Waals surface area (Å²) < 4.78 is 10.7. The van der Waals surface area contributed by atoms with E-state index in [1.165, 1.54) is 12.0 Å². The number of methoxy groups -OCH3 is 1. The summed E-state index contributed by atoms with van der Waals surface area (Å²) in [5, 5.41) is 0. The van der Waals surface area contributed by atoms with Crippen molar-refractivity contribution in [2.24, 2.45) is 0 Å². The molecule has 0 atom stereocenters. The Morgan fingerprint density at radius 3 is 2.67 bits per heavy atom. The summed E-state index contributed by atoms with van der Waals surface area (Å²) in [6.07, 6.45) is 0. The first kappa shape index (κ1) is 14.6. The van der Waals surface area contributed by atoms with E-state index < -0.39 is 0 Å². The summed E-state index contributed by atoms with van der Waals surface area (Å²) in [4.78, 5) is 30.4. The van der Waals surface area contributed by atoms with Gasteiger partial charge < -0.3 is 9.15 Å². The Balaban J connectivity index is 1.73. The Morgan fingerprint density at radius 2 is 1.88 bits per heavy atom. The Kier molecular flexibility index (Phi) is 3.39. The van der Waals surface area contributed by atoms with Crippen molar-refractivity contribution in [1.29, 1.82) is 0 Å². The quantitative estimate of drug-likeness (QED) is 0.691. The molecule has 0 aliphatic carbocycles. The highest BCUT2D eigenvalue weighted by Gasteiger charge is 2.35. The second-order valence-corrected chi connectivity index (χ2v) is 5.50. The molecule has 120 valence electrons. The van der Waals surface area contributed by atoms with Gasteiger partial charge in [-0.1, -0.05) is 12.1 Å². The van der Waals surface area contributed by atoms with Gasteiger partial charge in [-0.25, -0.2) is 4.98 Å². The van der Waals surface area contributed by atoms with Crippen LogP contribution in [0.2, 0.25) is 0 Å². The molecule has 4 rings (SSSR count). The van der Waals surface area contributed by atoms with Gasteiger partial charge in [-0.05, 0) is 30.3 Å². The zero-order valence-corrected chi connectivity index (χ0v) is 13.0. The number of hydrogen-bond acceptors (Lipinski definition) is 5. The number of imide groups is 1. The van der Waals surface area contributed by atoms with Crippen LogP contribution >= 0.6 is 0 Å². The molecule has 0 radical (unpaired) electrons. The molecule has 0 fully saturated rings. The zero-order chi connectivity index (χ0) is 16.7. The second-order valence-electron chi connectivity index (χ2n) is 5.50. The lowest BCUT2D eigenvalue weighted by atomic mass is 10.1. The second kappa shape index (κ2) is 5.58. The molecular formula is C18H14N2O4. The third-order valence-electron chi connectivity index (χ3n) is 4.03. The molecule has 0 bridgehead atoms. The van der Waals surface area contributed by atoms with E-state index >= 15 is 0 Å². The molecular weight excluding hydrogens is 308 g/mol. The van der Waals surface area contributed by atoms with E-state index in [0.717, 1.165) is 5.52 Å². The molecule has 0 N–H and O–H groups in total. The van der Waals surface area contributed by atoms with Gasteiger partial charge in [-0.15, -0.1) is 0 Å². The third-order valence-corrected chi connectivity index (χ3v) is 4.03. The monoisotopic (exact) mass is 322 g/mol. The minimum absolute atomic E-state index is 0.237. The predicted molar refractivity (Wildman–Crippen MR) is 86.7 cm³/mol. The molecule has 6 heteroatoms. The number of rotatable bonds is 4. The number of ether oxygens (including phenoxy) is 1. The highest BCUT2D eigenvalue weighted by Crippen LogP contribution is 2.29. The molecule has 2 amide bonds. The van der Waals surface area contributed by atoms with Crippen LogP contribution in [0.15, 0.2) is 46.9 Å². The van der Waals surface area contributed by atoms with Crippen molar-refractivity contribution < 1.29 is 18.7 Å². The van der Waals surface area contributed by atoms with Crippen LogP contribution in [0.25, 0.3) is 22.6 Å². The maximum absolute atomic E-state index is 12.5. The highest BCUT2D eigenvalue weighted by molar-refractivity contribution is 6.21. The van der Waals surface area contributed by atoms with Crippen LogP contribution in [0.1, 0.15) is 20.7 Å². The Hall–Kier alpha value is -2.99. The number of benzene rings is 2. The van der Waals surface area contributed by atoms with Crippen LogP contribution in [0.4, 0.5) is 0 Å². The fourth-order valence-corrected chi connectivity index (χ4v) is 2.81. The zero-order valence-electron chi connectivity index (χ0n) is 13.0. The van der Waals surface area contributed by atoms with Crippen molar-refractivity contribution in [2.45, 2.75) is 0 Å². The summed E-state index contributed by atoms with van der Waals surface area (Å²) in [6, 6.07) is 12.5. The fourth-order valence-electron chi connectivity index (χ4n) is 2.81. The topological polar surface area (TPSA) is 72.6 Å². The first-order valence-corrected chi connectivity index (χ1v) is 7.54. The number of oxazole rings is 1. The van der Waals surface area contributed by atoms with E-state index in [4.69, 9.17) is 9.15 Å². The molecule has 1 aliphatic heterocycles. The molecule has 1 aromatic heterocycles. The maximum atomic E-state index is 12.5. The molecule has 0 spiro atoms. The van der Waals surface area contributed by atoms with Gasteiger partial charge >= 0.3 is 0 Å². The molecule has 2 aromatic carbocycles. The van der Waals surface area contributed by atoms with Crippen molar-refractivity contribution in [2.75, 3.05) is 20.3 Å². The van der Waals surface area contributed by atoms with E-state index in [-0.39, 0.29) is 18.4 Å². The van der Waals surface area contributed by atoms with Gasteiger partial charge in [0.15, 0.2) is 5.58 Å². The number of carbonyl (C=O) groups is 2. The van der Waals surface area contributed by atoms with Crippen LogP contribution in [-0.2, 0) is 4.74 Å². The Morgan fingerprint density at radius 1 is 1.08 bits per heavy atom. The van der Waals surface area contributed by atoms with Crippen LogP contribution in [0, 0.1) is 0 Å². The van der Waals surface area contributed by atoms with Crippen molar-refractivity contribution in [1.82, 2.24) is 9.88 Å². The van der Waals surface area contributed by atoms with Crippen LogP contribution in [0.3, 0.4) is 0 Å². The van der Waals surface area contributed by atoms with Crippen molar-refractivity contribution in [3.8, 4) is 11.5 Å². The SMILES string of the molecule is COCCN1C(=O)c2ccc(-c3nc4ccccc4o3)cc2C1=O. The van der Waals surface area contributed by atoms with Crippen LogP contribution in [0.5, 0.6) is 0 Å². The molecule has 24 heavy (non-hydrogen) atoms. The lowest BCUT2D eigenvalue weighted by Crippen LogP contribution is -2.32. The number of aromatic nitrogens is 1. The summed E-state index contributed by atoms with van der Waals surface area (Å²) in [7, 11) is 1.53. The van der Waals surface area contributed by atoms with E-state index in [0.29, 0.717) is 34.8 Å². The molecule has 0 unspecified atom stereocenters. The normalized spacial score (nSPS) is 13.8. The molecule has 2 heterocycles. The van der Waals surface area contributed by atoms with E-state index in [2.05, 4.69) is 4.98 Å². The standard InChI is InChI=1S/C18H14N2O4/c1-23-9-8-20-17(21)12-7-6-11(10-13(12)18(20)22)16-19-14-4-2-3-5-15(14)24-16/h2-7,10H,8-9H2,1H3. The predicted octanol–water partition coefficient (Wildman–Crippen LogP) is 2.74. The Bertz CT molecular complexity index is 928. The van der Waals surface area contributed by atoms with Crippen molar-refractivity contribution in [3.63, 3.8) is 0 Å². The van der Waals surface area contributed by atoms with E-state index in [1.54, 1.807) is 18.2 Å². The number of fused-ring (bicyclic) bond motifs is 2. The van der Waals surface area contributed by atoms with E-state index in [9.17, 15) is 9.59 Å². The minimum atomic E-state index is -0.315. The Labute approximate surface area is 137 Å². The van der Waals surface area contributed by atoms with Gasteiger partial charge in [-0.3, -0.25) is 14.5 Å². The summed E-state index contributed by atoms with van der Waals surface area (Å²) >= 11 is 0. The average molecular weight is 322 g/mol. The number of hydrogen-bond donors (Lipinski definition) is 0. The molecule has 0 saturated carbocycles. The van der Waals surface area contributed by atoms with Gasteiger partial charge in [0.05, 0.1) is 24.3 Å². The lowest BCUT2D eigenvalue weighted by Gasteiger charge is -2.12. The fraction of sp³-hybridized carbons (Fsp3) is 0.167. The smallest absolute Gasteiger partial charge is 0.261 e. The first-order chi connectivity index (χ1) is 11.7. The van der Waals surface area contributed by atoms with Gasteiger partial charge in [0.2, 0.25) is 5.89 Å².